The van der Waals surface area contributed by atoms with Crippen molar-refractivity contribution in [2.75, 3.05) is 18.5 Å². The molecule has 1 atom stereocenters. The van der Waals surface area contributed by atoms with Crippen LogP contribution in [-0.2, 0) is 4.79 Å². The molecule has 7 heteroatoms. The number of benzene rings is 1. The minimum absolute atomic E-state index is 0.00537. The molecule has 21 heavy (non-hydrogen) atoms. The van der Waals surface area contributed by atoms with Gasteiger partial charge in [0.25, 0.3) is 0 Å². The summed E-state index contributed by atoms with van der Waals surface area (Å²) in [4.78, 5) is 11.9. The lowest BCUT2D eigenvalue weighted by Gasteiger charge is -2.16. The number of carbonyl (C=O) groups is 1. The Morgan fingerprint density at radius 1 is 1.38 bits per heavy atom. The maximum atomic E-state index is 12.2. The molecule has 0 aliphatic heterocycles. The first-order chi connectivity index (χ1) is 9.83. The third-order valence-electron chi connectivity index (χ3n) is 2.83. The van der Waals surface area contributed by atoms with E-state index in [1.54, 1.807) is 19.1 Å². The monoisotopic (exact) mass is 304 g/mol. The lowest BCUT2D eigenvalue weighted by molar-refractivity contribution is -0.153. The fraction of sp³-hybridized carbons (Fsp3) is 0.500. The molecule has 0 spiro atoms. The van der Waals surface area contributed by atoms with E-state index >= 15 is 0 Å². The van der Waals surface area contributed by atoms with E-state index in [-0.39, 0.29) is 23.3 Å². The Morgan fingerprint density at radius 2 is 2.05 bits per heavy atom. The molecule has 0 aliphatic rings. The van der Waals surface area contributed by atoms with Crippen molar-refractivity contribution < 1.29 is 22.7 Å². The summed E-state index contributed by atoms with van der Waals surface area (Å²) in [6.07, 6.45) is -3.10. The molecule has 1 rings (SSSR count). The van der Waals surface area contributed by atoms with Crippen LogP contribution < -0.4 is 15.8 Å². The third-order valence-corrected chi connectivity index (χ3v) is 2.83. The van der Waals surface area contributed by atoms with Crippen LogP contribution in [0.4, 0.5) is 18.9 Å². The average Bonchev–Trinajstić information content (AvgIpc) is 2.42. The van der Waals surface area contributed by atoms with Crippen LogP contribution >= 0.6 is 0 Å². The second-order valence-electron chi connectivity index (χ2n) is 4.72. The second-order valence-corrected chi connectivity index (χ2v) is 4.72. The number of hydrogen-bond donors (Lipinski definition) is 2. The van der Waals surface area contributed by atoms with Gasteiger partial charge in [-0.2, -0.15) is 13.2 Å². The Hall–Kier alpha value is -1.76. The fourth-order valence-corrected chi connectivity index (χ4v) is 1.67. The van der Waals surface area contributed by atoms with Gasteiger partial charge in [0.1, 0.15) is 5.75 Å². The Balaban J connectivity index is 2.68. The highest BCUT2D eigenvalue weighted by Gasteiger charge is 2.29. The fourth-order valence-electron chi connectivity index (χ4n) is 1.67. The lowest BCUT2D eigenvalue weighted by Crippen LogP contribution is -2.23. The zero-order valence-corrected chi connectivity index (χ0v) is 11.7. The Kier molecular flexibility index (Phi) is 6.48. The molecule has 0 heterocycles. The van der Waals surface area contributed by atoms with Crippen molar-refractivity contribution in [2.45, 2.75) is 25.9 Å². The van der Waals surface area contributed by atoms with Crippen LogP contribution in [-0.4, -0.2) is 25.2 Å². The van der Waals surface area contributed by atoms with Gasteiger partial charge in [0.2, 0.25) is 5.91 Å². The minimum Gasteiger partial charge on any atom is -0.482 e. The van der Waals surface area contributed by atoms with Gasteiger partial charge in [-0.25, -0.2) is 0 Å². The van der Waals surface area contributed by atoms with E-state index < -0.39 is 12.8 Å². The summed E-state index contributed by atoms with van der Waals surface area (Å²) in [7, 11) is 0. The topological polar surface area (TPSA) is 64.4 Å². The normalized spacial score (nSPS) is 12.8. The van der Waals surface area contributed by atoms with Gasteiger partial charge >= 0.3 is 6.18 Å². The molecule has 0 saturated carbocycles. The summed E-state index contributed by atoms with van der Waals surface area (Å²) in [5.41, 5.74) is 5.60. The van der Waals surface area contributed by atoms with E-state index in [0.29, 0.717) is 19.4 Å². The zero-order valence-electron chi connectivity index (χ0n) is 11.7. The highest BCUT2D eigenvalue weighted by molar-refractivity contribution is 5.93. The number of rotatable bonds is 7. The van der Waals surface area contributed by atoms with Crippen LogP contribution in [0.5, 0.6) is 5.75 Å². The molecule has 0 fully saturated rings. The number of nitrogens with two attached hydrogens (primary N) is 1. The molecular weight excluding hydrogens is 285 g/mol. The number of hydrogen-bond acceptors (Lipinski definition) is 3. The smallest absolute Gasteiger partial charge is 0.422 e. The Labute approximate surface area is 121 Å². The largest absolute Gasteiger partial charge is 0.482 e. The van der Waals surface area contributed by atoms with Crippen molar-refractivity contribution in [3.05, 3.63) is 24.3 Å². The molecule has 118 valence electrons. The van der Waals surface area contributed by atoms with Gasteiger partial charge in [-0.3, -0.25) is 4.79 Å². The molecule has 3 N–H and O–H groups in total. The number of ether oxygens (including phenoxy) is 1. The average molecular weight is 304 g/mol. The van der Waals surface area contributed by atoms with E-state index in [2.05, 4.69) is 5.32 Å². The quantitative estimate of drug-likeness (QED) is 0.814. The lowest BCUT2D eigenvalue weighted by atomic mass is 10.0. The summed E-state index contributed by atoms with van der Waals surface area (Å²) >= 11 is 0. The molecule has 0 radical (unpaired) electrons. The van der Waals surface area contributed by atoms with Crippen LogP contribution in [0.1, 0.15) is 19.8 Å². The van der Waals surface area contributed by atoms with Crippen molar-refractivity contribution in [1.29, 1.82) is 0 Å². The first-order valence-electron chi connectivity index (χ1n) is 6.63. The number of amides is 1. The molecule has 1 amide bonds. The van der Waals surface area contributed by atoms with Gasteiger partial charge < -0.3 is 15.8 Å². The predicted molar refractivity (Wildman–Crippen MR) is 74.1 cm³/mol. The maximum absolute atomic E-state index is 12.2. The highest BCUT2D eigenvalue weighted by Crippen LogP contribution is 2.27. The predicted octanol–water partition coefficient (Wildman–Crippen LogP) is 2.94. The summed E-state index contributed by atoms with van der Waals surface area (Å²) in [6.45, 7) is 0.829. The van der Waals surface area contributed by atoms with Gasteiger partial charge in [-0.15, -0.1) is 0 Å². The molecule has 1 aromatic carbocycles. The number of alkyl halides is 3. The maximum Gasteiger partial charge on any atom is 0.422 e. The molecule has 4 nitrogen and oxygen atoms in total. The van der Waals surface area contributed by atoms with Crippen LogP contribution in [0.3, 0.4) is 0 Å². The summed E-state index contributed by atoms with van der Waals surface area (Å²) in [5, 5.41) is 2.58. The Morgan fingerprint density at radius 3 is 2.67 bits per heavy atom. The van der Waals surface area contributed by atoms with Crippen molar-refractivity contribution in [3.8, 4) is 5.75 Å². The van der Waals surface area contributed by atoms with Crippen molar-refractivity contribution in [1.82, 2.24) is 0 Å². The van der Waals surface area contributed by atoms with Crippen molar-refractivity contribution in [2.24, 2.45) is 11.7 Å². The van der Waals surface area contributed by atoms with Crippen LogP contribution in [0, 0.1) is 5.92 Å². The first-order valence-corrected chi connectivity index (χ1v) is 6.63. The molecule has 0 aromatic heterocycles. The van der Waals surface area contributed by atoms with E-state index in [4.69, 9.17) is 10.5 Å². The number of carbonyl (C=O) groups excluding carboxylic acids is 1. The van der Waals surface area contributed by atoms with Gasteiger partial charge in [-0.05, 0) is 31.5 Å². The van der Waals surface area contributed by atoms with E-state index in [9.17, 15) is 18.0 Å². The van der Waals surface area contributed by atoms with Crippen molar-refractivity contribution >= 4 is 11.6 Å². The van der Waals surface area contributed by atoms with Gasteiger partial charge in [-0.1, -0.05) is 19.1 Å². The third kappa shape index (κ3) is 6.48. The van der Waals surface area contributed by atoms with Gasteiger partial charge in [0.05, 0.1) is 5.69 Å². The number of anilines is 1. The number of halogens is 3. The van der Waals surface area contributed by atoms with Crippen LogP contribution in [0.15, 0.2) is 24.3 Å². The number of para-hydroxylation sites is 2. The summed E-state index contributed by atoms with van der Waals surface area (Å²) in [6, 6.07) is 6.03. The molecular formula is C14H19F3N2O2. The minimum atomic E-state index is -4.43. The molecule has 1 aromatic rings. The molecule has 0 saturated heterocycles. The molecule has 0 bridgehead atoms. The summed E-state index contributed by atoms with van der Waals surface area (Å²) in [5.74, 6) is -0.551. The molecule has 0 aliphatic carbocycles. The SMILES string of the molecule is CC(CCCN)C(=O)Nc1ccccc1OCC(F)(F)F. The number of nitrogens with one attached hydrogen (secondary N) is 1. The Bertz CT molecular complexity index is 464. The second kappa shape index (κ2) is 7.87. The van der Waals surface area contributed by atoms with E-state index in [0.717, 1.165) is 0 Å². The van der Waals surface area contributed by atoms with Crippen molar-refractivity contribution in [3.63, 3.8) is 0 Å². The van der Waals surface area contributed by atoms with E-state index in [1.165, 1.54) is 12.1 Å². The van der Waals surface area contributed by atoms with Crippen LogP contribution in [0.2, 0.25) is 0 Å². The van der Waals surface area contributed by atoms with Crippen LogP contribution in [0.25, 0.3) is 0 Å². The van der Waals surface area contributed by atoms with Gasteiger partial charge in [0, 0.05) is 5.92 Å². The van der Waals surface area contributed by atoms with Gasteiger partial charge in [0.15, 0.2) is 6.61 Å². The zero-order chi connectivity index (χ0) is 15.9. The summed E-state index contributed by atoms with van der Waals surface area (Å²) < 4.78 is 41.2. The standard InChI is InChI=1S/C14H19F3N2O2/c1-10(5-4-8-18)13(20)19-11-6-2-3-7-12(11)21-9-14(15,16)17/h2-3,6-7,10H,4-5,8-9,18H2,1H3,(H,19,20). The van der Waals surface area contributed by atoms with E-state index in [1.807, 2.05) is 0 Å². The highest BCUT2D eigenvalue weighted by atomic mass is 19.4. The first kappa shape index (κ1) is 17.3. The molecule has 1 unspecified atom stereocenters.